The average molecular weight is 258 g/mol. The normalized spacial score (nSPS) is 9.89. The van der Waals surface area contributed by atoms with E-state index in [0.29, 0.717) is 17.4 Å². The van der Waals surface area contributed by atoms with Crippen LogP contribution in [0, 0.1) is 18.3 Å². The number of anilines is 1. The zero-order chi connectivity index (χ0) is 13.8. The van der Waals surface area contributed by atoms with Gasteiger partial charge in [0.2, 0.25) is 11.7 Å². The summed E-state index contributed by atoms with van der Waals surface area (Å²) in [5.74, 6) is -0.504. The summed E-state index contributed by atoms with van der Waals surface area (Å²) < 4.78 is 5.07. The number of rotatable bonds is 4. The lowest BCUT2D eigenvalue weighted by Crippen LogP contribution is -2.05. The molecule has 0 aliphatic rings. The molecule has 0 saturated heterocycles. The molecule has 2 aromatic rings. The van der Waals surface area contributed by atoms with E-state index in [9.17, 15) is 4.79 Å². The third kappa shape index (κ3) is 3.07. The third-order valence-electron chi connectivity index (χ3n) is 2.26. The van der Waals surface area contributed by atoms with Crippen LogP contribution in [0.4, 0.5) is 5.95 Å². The molecule has 0 saturated carbocycles. The summed E-state index contributed by atoms with van der Waals surface area (Å²) in [4.78, 5) is 18.7. The van der Waals surface area contributed by atoms with Crippen molar-refractivity contribution in [3.8, 4) is 6.07 Å². The highest BCUT2D eigenvalue weighted by molar-refractivity contribution is 5.84. The van der Waals surface area contributed by atoms with Crippen LogP contribution in [0.15, 0.2) is 22.6 Å². The van der Waals surface area contributed by atoms with Gasteiger partial charge in [-0.15, -0.1) is 0 Å². The molecular weight excluding hydrogens is 248 g/mol. The fourth-order valence-corrected chi connectivity index (χ4v) is 1.46. The lowest BCUT2D eigenvalue weighted by molar-refractivity contribution is 0.0660. The Bertz CT molecular complexity index is 657. The van der Waals surface area contributed by atoms with Crippen molar-refractivity contribution in [3.05, 3.63) is 41.1 Å². The minimum atomic E-state index is -1.12. The maximum atomic E-state index is 10.6. The van der Waals surface area contributed by atoms with E-state index in [1.165, 1.54) is 6.07 Å². The summed E-state index contributed by atoms with van der Waals surface area (Å²) in [5, 5.41) is 20.4. The topological polar surface area (TPSA) is 112 Å². The lowest BCUT2D eigenvalue weighted by Gasteiger charge is -2.03. The molecule has 0 spiro atoms. The van der Waals surface area contributed by atoms with Crippen LogP contribution in [0.5, 0.6) is 0 Å². The molecule has 0 amide bonds. The van der Waals surface area contributed by atoms with E-state index in [-0.39, 0.29) is 18.0 Å². The molecule has 0 aliphatic heterocycles. The fourth-order valence-electron chi connectivity index (χ4n) is 1.46. The Balaban J connectivity index is 2.08. The molecule has 2 aromatic heterocycles. The predicted octanol–water partition coefficient (Wildman–Crippen LogP) is 1.56. The van der Waals surface area contributed by atoms with Crippen LogP contribution in [-0.2, 0) is 6.54 Å². The molecule has 0 atom stereocenters. The molecule has 0 unspecified atom stereocenters. The van der Waals surface area contributed by atoms with E-state index in [1.807, 2.05) is 6.07 Å². The monoisotopic (exact) mass is 258 g/mol. The van der Waals surface area contributed by atoms with Crippen molar-refractivity contribution in [1.82, 2.24) is 9.97 Å². The van der Waals surface area contributed by atoms with Gasteiger partial charge in [0.25, 0.3) is 0 Å². The Morgan fingerprint density at radius 3 is 2.95 bits per heavy atom. The van der Waals surface area contributed by atoms with E-state index < -0.39 is 5.97 Å². The number of aryl methyl sites for hydroxylation is 1. The van der Waals surface area contributed by atoms with Crippen molar-refractivity contribution in [2.75, 3.05) is 5.32 Å². The van der Waals surface area contributed by atoms with Crippen molar-refractivity contribution in [1.29, 1.82) is 5.26 Å². The van der Waals surface area contributed by atoms with Crippen LogP contribution >= 0.6 is 0 Å². The lowest BCUT2D eigenvalue weighted by atomic mass is 10.3. The summed E-state index contributed by atoms with van der Waals surface area (Å²) in [5.41, 5.74) is 0.931. The van der Waals surface area contributed by atoms with Crippen LogP contribution in [0.1, 0.15) is 27.7 Å². The SMILES string of the molecule is Cc1cc(C#N)nc(NCc2ccc(C(=O)O)o2)n1. The highest BCUT2D eigenvalue weighted by Gasteiger charge is 2.09. The summed E-state index contributed by atoms with van der Waals surface area (Å²) in [6, 6.07) is 6.43. The molecule has 0 radical (unpaired) electrons. The summed E-state index contributed by atoms with van der Waals surface area (Å²) in [7, 11) is 0. The Morgan fingerprint density at radius 2 is 2.32 bits per heavy atom. The predicted molar refractivity (Wildman–Crippen MR) is 64.5 cm³/mol. The number of carbonyl (C=O) groups is 1. The third-order valence-corrected chi connectivity index (χ3v) is 2.26. The van der Waals surface area contributed by atoms with E-state index >= 15 is 0 Å². The first-order valence-corrected chi connectivity index (χ1v) is 5.40. The maximum Gasteiger partial charge on any atom is 0.371 e. The van der Waals surface area contributed by atoms with E-state index in [2.05, 4.69) is 15.3 Å². The molecule has 0 fully saturated rings. The van der Waals surface area contributed by atoms with Crippen LogP contribution in [-0.4, -0.2) is 21.0 Å². The number of carboxylic acid groups (broad SMARTS) is 1. The molecular formula is C12H10N4O3. The van der Waals surface area contributed by atoms with Crippen molar-refractivity contribution >= 4 is 11.9 Å². The zero-order valence-electron chi connectivity index (χ0n) is 10.0. The second-order valence-corrected chi connectivity index (χ2v) is 3.75. The number of nitrogens with one attached hydrogen (secondary N) is 1. The Labute approximate surface area is 108 Å². The molecule has 2 N–H and O–H groups in total. The van der Waals surface area contributed by atoms with Gasteiger partial charge in [-0.05, 0) is 25.1 Å². The second kappa shape index (κ2) is 5.18. The van der Waals surface area contributed by atoms with Crippen molar-refractivity contribution in [2.24, 2.45) is 0 Å². The Morgan fingerprint density at radius 1 is 1.53 bits per heavy atom. The van der Waals surface area contributed by atoms with E-state index in [4.69, 9.17) is 14.8 Å². The molecule has 19 heavy (non-hydrogen) atoms. The number of nitrogens with zero attached hydrogens (tertiary/aromatic N) is 3. The number of furan rings is 1. The van der Waals surface area contributed by atoms with Gasteiger partial charge >= 0.3 is 5.97 Å². The molecule has 7 nitrogen and oxygen atoms in total. The molecule has 0 bridgehead atoms. The van der Waals surface area contributed by atoms with Gasteiger partial charge in [0, 0.05) is 5.69 Å². The number of aromatic nitrogens is 2. The highest BCUT2D eigenvalue weighted by atomic mass is 16.4. The Hall–Kier alpha value is -2.88. The van der Waals surface area contributed by atoms with Crippen molar-refractivity contribution < 1.29 is 14.3 Å². The van der Waals surface area contributed by atoms with Gasteiger partial charge in [0.15, 0.2) is 0 Å². The largest absolute Gasteiger partial charge is 0.475 e. The highest BCUT2D eigenvalue weighted by Crippen LogP contribution is 2.10. The first-order chi connectivity index (χ1) is 9.08. The number of carboxylic acids is 1. The van der Waals surface area contributed by atoms with E-state index in [1.54, 1.807) is 19.1 Å². The first-order valence-electron chi connectivity index (χ1n) is 5.40. The van der Waals surface area contributed by atoms with Gasteiger partial charge in [0.1, 0.15) is 17.5 Å². The smallest absolute Gasteiger partial charge is 0.371 e. The Kier molecular flexibility index (Phi) is 3.43. The van der Waals surface area contributed by atoms with Gasteiger partial charge in [-0.1, -0.05) is 0 Å². The number of hydrogen-bond donors (Lipinski definition) is 2. The zero-order valence-corrected chi connectivity index (χ0v) is 10.0. The molecule has 0 aliphatic carbocycles. The van der Waals surface area contributed by atoms with Crippen LogP contribution in [0.2, 0.25) is 0 Å². The number of hydrogen-bond acceptors (Lipinski definition) is 6. The molecule has 0 aromatic carbocycles. The van der Waals surface area contributed by atoms with Gasteiger partial charge in [-0.2, -0.15) is 5.26 Å². The van der Waals surface area contributed by atoms with Gasteiger partial charge in [0.05, 0.1) is 6.54 Å². The first kappa shape index (κ1) is 12.6. The number of aromatic carboxylic acids is 1. The summed E-state index contributed by atoms with van der Waals surface area (Å²) >= 11 is 0. The van der Waals surface area contributed by atoms with Crippen molar-refractivity contribution in [2.45, 2.75) is 13.5 Å². The fraction of sp³-hybridized carbons (Fsp3) is 0.167. The van der Waals surface area contributed by atoms with Crippen LogP contribution in [0.25, 0.3) is 0 Å². The van der Waals surface area contributed by atoms with Gasteiger partial charge in [-0.25, -0.2) is 14.8 Å². The standard InChI is InChI=1S/C12H10N4O3/c1-7-4-8(5-13)16-12(15-7)14-6-9-2-3-10(19-9)11(17)18/h2-4H,6H2,1H3,(H,17,18)(H,14,15,16). The minimum Gasteiger partial charge on any atom is -0.475 e. The number of nitriles is 1. The average Bonchev–Trinajstić information content (AvgIpc) is 2.84. The molecule has 96 valence electrons. The van der Waals surface area contributed by atoms with E-state index in [0.717, 1.165) is 0 Å². The van der Waals surface area contributed by atoms with Gasteiger partial charge < -0.3 is 14.8 Å². The molecule has 2 heterocycles. The van der Waals surface area contributed by atoms with Gasteiger partial charge in [-0.3, -0.25) is 0 Å². The van der Waals surface area contributed by atoms with Crippen LogP contribution < -0.4 is 5.32 Å². The second-order valence-electron chi connectivity index (χ2n) is 3.75. The summed E-state index contributed by atoms with van der Waals surface area (Å²) in [6.45, 7) is 1.99. The summed E-state index contributed by atoms with van der Waals surface area (Å²) in [6.07, 6.45) is 0. The molecule has 2 rings (SSSR count). The minimum absolute atomic E-state index is 0.125. The molecule has 7 heteroatoms. The maximum absolute atomic E-state index is 10.6. The quantitative estimate of drug-likeness (QED) is 0.855. The van der Waals surface area contributed by atoms with Crippen molar-refractivity contribution in [3.63, 3.8) is 0 Å². The van der Waals surface area contributed by atoms with Crippen LogP contribution in [0.3, 0.4) is 0 Å².